The van der Waals surface area contributed by atoms with Crippen molar-refractivity contribution in [1.82, 2.24) is 19.5 Å². The first-order valence-corrected chi connectivity index (χ1v) is 9.91. The van der Waals surface area contributed by atoms with Gasteiger partial charge in [0.15, 0.2) is 0 Å². The summed E-state index contributed by atoms with van der Waals surface area (Å²) in [7, 11) is 0. The lowest BCUT2D eigenvalue weighted by Gasteiger charge is -2.10. The minimum Gasteiger partial charge on any atom is -0.439 e. The lowest BCUT2D eigenvalue weighted by molar-refractivity contribution is 0.102. The van der Waals surface area contributed by atoms with Gasteiger partial charge in [-0.3, -0.25) is 9.36 Å². The lowest BCUT2D eigenvalue weighted by atomic mass is 10.1. The Kier molecular flexibility index (Phi) is 5.49. The number of benzene rings is 2. The van der Waals surface area contributed by atoms with Crippen LogP contribution in [0.3, 0.4) is 0 Å². The molecule has 4 aromatic rings. The number of rotatable bonds is 5. The monoisotopic (exact) mass is 413 g/mol. The molecule has 4 rings (SSSR count). The van der Waals surface area contributed by atoms with Crippen LogP contribution < -0.4 is 10.1 Å². The van der Waals surface area contributed by atoms with Crippen molar-refractivity contribution in [3.8, 4) is 17.4 Å². The van der Waals surface area contributed by atoms with Crippen molar-refractivity contribution in [2.45, 2.75) is 27.7 Å². The highest BCUT2D eigenvalue weighted by molar-refractivity contribution is 6.04. The molecule has 0 fully saturated rings. The molecule has 0 aliphatic heterocycles. The van der Waals surface area contributed by atoms with E-state index in [2.05, 4.69) is 20.3 Å². The first-order valence-electron chi connectivity index (χ1n) is 9.91. The number of aryl methyl sites for hydroxylation is 3. The Balaban J connectivity index is 1.48. The second kappa shape index (κ2) is 8.39. The first-order chi connectivity index (χ1) is 14.9. The summed E-state index contributed by atoms with van der Waals surface area (Å²) in [5, 5.41) is 2.89. The van der Waals surface area contributed by atoms with Crippen LogP contribution in [0.4, 0.5) is 5.69 Å². The maximum Gasteiger partial charge on any atom is 0.255 e. The van der Waals surface area contributed by atoms with Gasteiger partial charge >= 0.3 is 0 Å². The van der Waals surface area contributed by atoms with Gasteiger partial charge < -0.3 is 10.1 Å². The molecule has 0 unspecified atom stereocenters. The van der Waals surface area contributed by atoms with Crippen LogP contribution in [-0.4, -0.2) is 25.4 Å². The topological polar surface area (TPSA) is 81.9 Å². The first kappa shape index (κ1) is 20.3. The van der Waals surface area contributed by atoms with Crippen molar-refractivity contribution in [1.29, 1.82) is 0 Å². The Labute approximate surface area is 180 Å². The molecule has 2 heterocycles. The number of nitrogens with one attached hydrogen (secondary N) is 1. The van der Waals surface area contributed by atoms with E-state index in [1.54, 1.807) is 48.8 Å². The maximum atomic E-state index is 12.4. The zero-order valence-corrected chi connectivity index (χ0v) is 17.9. The van der Waals surface area contributed by atoms with Crippen LogP contribution in [0, 0.1) is 27.7 Å². The molecule has 0 radical (unpaired) electrons. The summed E-state index contributed by atoms with van der Waals surface area (Å²) in [6, 6.07) is 16.4. The third kappa shape index (κ3) is 4.61. The Bertz CT molecular complexity index is 1230. The third-order valence-electron chi connectivity index (χ3n) is 4.95. The van der Waals surface area contributed by atoms with Gasteiger partial charge in [0.05, 0.1) is 5.69 Å². The van der Waals surface area contributed by atoms with E-state index < -0.39 is 0 Å². The van der Waals surface area contributed by atoms with Crippen molar-refractivity contribution in [2.24, 2.45) is 0 Å². The van der Waals surface area contributed by atoms with Crippen LogP contribution in [0.1, 0.15) is 33.1 Å². The number of hydrogen-bond acceptors (Lipinski definition) is 5. The highest BCUT2D eigenvalue weighted by Crippen LogP contribution is 2.24. The van der Waals surface area contributed by atoms with Crippen molar-refractivity contribution in [3.63, 3.8) is 0 Å². The summed E-state index contributed by atoms with van der Waals surface area (Å²) in [6.45, 7) is 7.75. The van der Waals surface area contributed by atoms with Crippen LogP contribution in [-0.2, 0) is 0 Å². The van der Waals surface area contributed by atoms with E-state index in [4.69, 9.17) is 4.74 Å². The van der Waals surface area contributed by atoms with E-state index in [1.807, 2.05) is 44.4 Å². The average molecular weight is 413 g/mol. The molecule has 7 nitrogen and oxygen atoms in total. The van der Waals surface area contributed by atoms with Gasteiger partial charge in [0, 0.05) is 23.0 Å². The van der Waals surface area contributed by atoms with Gasteiger partial charge in [0.2, 0.25) is 5.88 Å². The number of amides is 1. The average Bonchev–Trinajstić information content (AvgIpc) is 3.08. The zero-order chi connectivity index (χ0) is 22.0. The summed E-state index contributed by atoms with van der Waals surface area (Å²) in [6.07, 6.45) is 1.74. The minimum absolute atomic E-state index is 0.157. The van der Waals surface area contributed by atoms with Crippen LogP contribution in [0.2, 0.25) is 0 Å². The van der Waals surface area contributed by atoms with Crippen molar-refractivity contribution in [3.05, 3.63) is 89.3 Å². The number of nitrogens with zero attached hydrogens (tertiary/aromatic N) is 4. The highest BCUT2D eigenvalue weighted by Gasteiger charge is 2.10. The third-order valence-corrected chi connectivity index (χ3v) is 4.95. The molecule has 7 heteroatoms. The molecule has 0 saturated carbocycles. The minimum atomic E-state index is -0.157. The molecule has 0 spiro atoms. The fourth-order valence-corrected chi connectivity index (χ4v) is 3.07. The van der Waals surface area contributed by atoms with E-state index in [1.165, 1.54) is 0 Å². The largest absolute Gasteiger partial charge is 0.439 e. The molecule has 0 aliphatic carbocycles. The Morgan fingerprint density at radius 1 is 0.935 bits per heavy atom. The van der Waals surface area contributed by atoms with Gasteiger partial charge in [-0.05, 0) is 64.1 Å². The van der Waals surface area contributed by atoms with Gasteiger partial charge in [-0.25, -0.2) is 9.97 Å². The molecule has 0 bridgehead atoms. The Hall–Kier alpha value is -4.00. The Morgan fingerprint density at radius 2 is 1.65 bits per heavy atom. The molecule has 0 saturated heterocycles. The van der Waals surface area contributed by atoms with E-state index >= 15 is 0 Å². The molecule has 31 heavy (non-hydrogen) atoms. The van der Waals surface area contributed by atoms with Crippen LogP contribution in [0.25, 0.3) is 5.82 Å². The standard InChI is InChI=1S/C24H23N5O2/c1-15-5-7-19(8-6-15)24(30)28-20-9-11-21(12-10-20)31-23-13-22(26-18(4)27-23)29-14-25-16(2)17(29)3/h5-14H,1-4H3,(H,28,30). The van der Waals surface area contributed by atoms with Gasteiger partial charge in [-0.2, -0.15) is 4.98 Å². The summed E-state index contributed by atoms with van der Waals surface area (Å²) in [4.78, 5) is 25.6. The zero-order valence-electron chi connectivity index (χ0n) is 17.9. The van der Waals surface area contributed by atoms with E-state index in [0.29, 0.717) is 34.5 Å². The SMILES string of the molecule is Cc1ccc(C(=O)Nc2ccc(Oc3cc(-n4cnc(C)c4C)nc(C)n3)cc2)cc1. The quantitative estimate of drug-likeness (QED) is 0.501. The number of anilines is 1. The van der Waals surface area contributed by atoms with E-state index in [9.17, 15) is 4.79 Å². The molecule has 156 valence electrons. The number of hydrogen-bond donors (Lipinski definition) is 1. The maximum absolute atomic E-state index is 12.4. The summed E-state index contributed by atoms with van der Waals surface area (Å²) >= 11 is 0. The van der Waals surface area contributed by atoms with Gasteiger partial charge in [0.1, 0.15) is 23.7 Å². The fraction of sp³-hybridized carbons (Fsp3) is 0.167. The van der Waals surface area contributed by atoms with Gasteiger partial charge in [0.25, 0.3) is 5.91 Å². The number of carbonyl (C=O) groups excluding carboxylic acids is 1. The van der Waals surface area contributed by atoms with Crippen molar-refractivity contribution >= 4 is 11.6 Å². The molecule has 0 atom stereocenters. The van der Waals surface area contributed by atoms with Crippen molar-refractivity contribution < 1.29 is 9.53 Å². The van der Waals surface area contributed by atoms with Crippen LogP contribution >= 0.6 is 0 Å². The molecule has 2 aromatic carbocycles. The van der Waals surface area contributed by atoms with E-state index in [-0.39, 0.29) is 5.91 Å². The predicted octanol–water partition coefficient (Wildman–Crippen LogP) is 4.94. The van der Waals surface area contributed by atoms with Crippen molar-refractivity contribution in [2.75, 3.05) is 5.32 Å². The summed E-state index contributed by atoms with van der Waals surface area (Å²) in [5.74, 6) is 2.18. The molecule has 2 aromatic heterocycles. The molecule has 0 aliphatic rings. The van der Waals surface area contributed by atoms with Gasteiger partial charge in [-0.1, -0.05) is 17.7 Å². The van der Waals surface area contributed by atoms with E-state index in [0.717, 1.165) is 17.0 Å². The fourth-order valence-electron chi connectivity index (χ4n) is 3.07. The molecule has 1 N–H and O–H groups in total. The molecular weight excluding hydrogens is 390 g/mol. The van der Waals surface area contributed by atoms with Crippen LogP contribution in [0.5, 0.6) is 11.6 Å². The second-order valence-corrected chi connectivity index (χ2v) is 7.34. The number of carbonyl (C=O) groups is 1. The van der Waals surface area contributed by atoms with Gasteiger partial charge in [-0.15, -0.1) is 0 Å². The second-order valence-electron chi connectivity index (χ2n) is 7.34. The highest BCUT2D eigenvalue weighted by atomic mass is 16.5. The lowest BCUT2D eigenvalue weighted by Crippen LogP contribution is -2.11. The molecule has 1 amide bonds. The normalized spacial score (nSPS) is 10.7. The molecular formula is C24H23N5O2. The smallest absolute Gasteiger partial charge is 0.255 e. The number of ether oxygens (including phenoxy) is 1. The summed E-state index contributed by atoms with van der Waals surface area (Å²) < 4.78 is 7.83. The number of aromatic nitrogens is 4. The Morgan fingerprint density at radius 3 is 2.29 bits per heavy atom. The predicted molar refractivity (Wildman–Crippen MR) is 119 cm³/mol. The number of imidazole rings is 1. The summed E-state index contributed by atoms with van der Waals surface area (Å²) in [5.41, 5.74) is 4.36. The van der Waals surface area contributed by atoms with Crippen LogP contribution in [0.15, 0.2) is 60.9 Å².